The van der Waals surface area contributed by atoms with Crippen molar-refractivity contribution in [2.24, 2.45) is 0 Å². The van der Waals surface area contributed by atoms with E-state index in [0.717, 1.165) is 22.4 Å². The lowest BCUT2D eigenvalue weighted by Crippen LogP contribution is -2.01. The number of carbonyl (C=O) groups excluding carboxylic acids is 1. The monoisotopic (exact) mass is 408 g/mol. The standard InChI is InChI=1S/C24H21ClO4/c1-27-23-15-20(24(26)28-2)11-9-18(23)8-10-19-14-21(25)12-13-22(19)29-16-17-6-4-3-5-7-17/h3-15H,16H2,1-2H3. The summed E-state index contributed by atoms with van der Waals surface area (Å²) in [6.07, 6.45) is 3.79. The first-order valence-corrected chi connectivity index (χ1v) is 9.39. The summed E-state index contributed by atoms with van der Waals surface area (Å²) in [6.45, 7) is 0.459. The lowest BCUT2D eigenvalue weighted by atomic mass is 10.1. The molecule has 0 bridgehead atoms. The zero-order valence-corrected chi connectivity index (χ0v) is 17.0. The van der Waals surface area contributed by atoms with E-state index in [1.165, 1.54) is 7.11 Å². The summed E-state index contributed by atoms with van der Waals surface area (Å²) >= 11 is 6.18. The van der Waals surface area contributed by atoms with Crippen molar-refractivity contribution in [3.8, 4) is 11.5 Å². The summed E-state index contributed by atoms with van der Waals surface area (Å²) in [4.78, 5) is 11.7. The minimum absolute atomic E-state index is 0.412. The second-order valence-corrected chi connectivity index (χ2v) is 6.67. The van der Waals surface area contributed by atoms with Gasteiger partial charge in [-0.3, -0.25) is 0 Å². The highest BCUT2D eigenvalue weighted by Crippen LogP contribution is 2.28. The Morgan fingerprint density at radius 1 is 0.897 bits per heavy atom. The van der Waals surface area contributed by atoms with Crippen molar-refractivity contribution in [2.75, 3.05) is 14.2 Å². The van der Waals surface area contributed by atoms with Gasteiger partial charge in [0.2, 0.25) is 0 Å². The molecule has 0 aromatic heterocycles. The Hall–Kier alpha value is -3.24. The molecule has 0 N–H and O–H groups in total. The van der Waals surface area contributed by atoms with Crippen LogP contribution in [0.25, 0.3) is 12.2 Å². The molecule has 0 aliphatic heterocycles. The summed E-state index contributed by atoms with van der Waals surface area (Å²) in [5.41, 5.74) is 3.16. The number of hydrogen-bond donors (Lipinski definition) is 0. The van der Waals surface area contributed by atoms with Crippen molar-refractivity contribution in [3.63, 3.8) is 0 Å². The minimum Gasteiger partial charge on any atom is -0.496 e. The number of hydrogen-bond acceptors (Lipinski definition) is 4. The highest BCUT2D eigenvalue weighted by molar-refractivity contribution is 6.30. The molecule has 4 nitrogen and oxygen atoms in total. The van der Waals surface area contributed by atoms with Crippen LogP contribution in [-0.2, 0) is 11.3 Å². The maximum absolute atomic E-state index is 11.7. The molecule has 0 spiro atoms. The molecule has 29 heavy (non-hydrogen) atoms. The van der Waals surface area contributed by atoms with E-state index in [1.807, 2.05) is 54.6 Å². The fraction of sp³-hybridized carbons (Fsp3) is 0.125. The molecule has 0 aliphatic carbocycles. The second kappa shape index (κ2) is 9.80. The largest absolute Gasteiger partial charge is 0.496 e. The predicted molar refractivity (Wildman–Crippen MR) is 115 cm³/mol. The van der Waals surface area contributed by atoms with Gasteiger partial charge >= 0.3 is 5.97 Å². The number of rotatable bonds is 7. The third kappa shape index (κ3) is 5.39. The zero-order valence-electron chi connectivity index (χ0n) is 16.2. The highest BCUT2D eigenvalue weighted by atomic mass is 35.5. The van der Waals surface area contributed by atoms with Crippen LogP contribution in [0.15, 0.2) is 66.7 Å². The molecule has 3 aromatic carbocycles. The molecule has 0 radical (unpaired) electrons. The Labute approximate surface area is 175 Å². The van der Waals surface area contributed by atoms with Crippen LogP contribution in [0.2, 0.25) is 5.02 Å². The van der Waals surface area contributed by atoms with Crippen molar-refractivity contribution in [1.82, 2.24) is 0 Å². The fourth-order valence-electron chi connectivity index (χ4n) is 2.79. The van der Waals surface area contributed by atoms with E-state index in [2.05, 4.69) is 0 Å². The average molecular weight is 409 g/mol. The number of esters is 1. The van der Waals surface area contributed by atoms with Crippen molar-refractivity contribution < 1.29 is 19.0 Å². The van der Waals surface area contributed by atoms with E-state index in [0.29, 0.717) is 22.9 Å². The van der Waals surface area contributed by atoms with E-state index in [4.69, 9.17) is 25.8 Å². The van der Waals surface area contributed by atoms with Gasteiger partial charge in [0.1, 0.15) is 18.1 Å². The number of benzene rings is 3. The molecule has 5 heteroatoms. The second-order valence-electron chi connectivity index (χ2n) is 6.24. The number of ether oxygens (including phenoxy) is 3. The van der Waals surface area contributed by atoms with Gasteiger partial charge in [-0.15, -0.1) is 0 Å². The molecule has 3 rings (SSSR count). The average Bonchev–Trinajstić information content (AvgIpc) is 2.77. The Morgan fingerprint density at radius 3 is 2.38 bits per heavy atom. The van der Waals surface area contributed by atoms with Crippen LogP contribution in [0.4, 0.5) is 0 Å². The van der Waals surface area contributed by atoms with Gasteiger partial charge in [-0.2, -0.15) is 0 Å². The molecule has 0 aliphatic rings. The number of carbonyl (C=O) groups is 1. The van der Waals surface area contributed by atoms with E-state index in [-0.39, 0.29) is 0 Å². The summed E-state index contributed by atoms with van der Waals surface area (Å²) in [5.74, 6) is 0.878. The van der Waals surface area contributed by atoms with Crippen LogP contribution >= 0.6 is 11.6 Å². The molecule has 0 saturated carbocycles. The van der Waals surface area contributed by atoms with Crippen LogP contribution in [0, 0.1) is 0 Å². The van der Waals surface area contributed by atoms with Gasteiger partial charge in [0, 0.05) is 16.1 Å². The van der Waals surface area contributed by atoms with Gasteiger partial charge in [-0.1, -0.05) is 60.2 Å². The first kappa shape index (κ1) is 20.5. The summed E-state index contributed by atoms with van der Waals surface area (Å²) in [6, 6.07) is 20.6. The van der Waals surface area contributed by atoms with E-state index >= 15 is 0 Å². The first-order chi connectivity index (χ1) is 14.1. The molecule has 0 amide bonds. The van der Waals surface area contributed by atoms with Crippen molar-refractivity contribution in [1.29, 1.82) is 0 Å². The van der Waals surface area contributed by atoms with Gasteiger partial charge < -0.3 is 14.2 Å². The Kier molecular flexibility index (Phi) is 6.93. The highest BCUT2D eigenvalue weighted by Gasteiger charge is 2.09. The van der Waals surface area contributed by atoms with Crippen LogP contribution in [-0.4, -0.2) is 20.2 Å². The normalized spacial score (nSPS) is 10.7. The number of halogens is 1. The molecular formula is C24H21ClO4. The van der Waals surface area contributed by atoms with Crippen LogP contribution in [0.1, 0.15) is 27.0 Å². The molecule has 0 saturated heterocycles. The Morgan fingerprint density at radius 2 is 1.66 bits per heavy atom. The SMILES string of the molecule is COC(=O)c1ccc(C=Cc2cc(Cl)ccc2OCc2ccccc2)c(OC)c1. The molecule has 0 unspecified atom stereocenters. The van der Waals surface area contributed by atoms with Crippen molar-refractivity contribution in [3.05, 3.63) is 94.0 Å². The molecule has 3 aromatic rings. The van der Waals surface area contributed by atoms with Gasteiger partial charge in [0.15, 0.2) is 0 Å². The topological polar surface area (TPSA) is 44.8 Å². The number of methoxy groups -OCH3 is 2. The predicted octanol–water partition coefficient (Wildman–Crippen LogP) is 5.88. The van der Waals surface area contributed by atoms with Crippen LogP contribution < -0.4 is 9.47 Å². The van der Waals surface area contributed by atoms with Crippen LogP contribution in [0.3, 0.4) is 0 Å². The maximum atomic E-state index is 11.7. The third-order valence-corrected chi connectivity index (χ3v) is 4.54. The Bertz CT molecular complexity index is 1010. The lowest BCUT2D eigenvalue weighted by molar-refractivity contribution is 0.0600. The van der Waals surface area contributed by atoms with Gasteiger partial charge in [0.25, 0.3) is 0 Å². The lowest BCUT2D eigenvalue weighted by Gasteiger charge is -2.11. The summed E-state index contributed by atoms with van der Waals surface area (Å²) in [5, 5.41) is 0.615. The molecular weight excluding hydrogens is 388 g/mol. The quantitative estimate of drug-likeness (QED) is 0.361. The maximum Gasteiger partial charge on any atom is 0.337 e. The first-order valence-electron chi connectivity index (χ1n) is 9.01. The molecule has 148 valence electrons. The Balaban J connectivity index is 1.84. The van der Waals surface area contributed by atoms with Crippen molar-refractivity contribution in [2.45, 2.75) is 6.61 Å². The third-order valence-electron chi connectivity index (χ3n) is 4.31. The van der Waals surface area contributed by atoms with E-state index in [1.54, 1.807) is 31.4 Å². The van der Waals surface area contributed by atoms with E-state index in [9.17, 15) is 4.79 Å². The molecule has 0 atom stereocenters. The van der Waals surface area contributed by atoms with Gasteiger partial charge in [-0.25, -0.2) is 4.79 Å². The fourth-order valence-corrected chi connectivity index (χ4v) is 2.97. The molecule has 0 heterocycles. The van der Waals surface area contributed by atoms with Gasteiger partial charge in [-0.05, 0) is 35.9 Å². The zero-order chi connectivity index (χ0) is 20.6. The smallest absolute Gasteiger partial charge is 0.337 e. The van der Waals surface area contributed by atoms with E-state index < -0.39 is 5.97 Å². The minimum atomic E-state index is -0.412. The van der Waals surface area contributed by atoms with Crippen LogP contribution in [0.5, 0.6) is 11.5 Å². The summed E-state index contributed by atoms with van der Waals surface area (Å²) < 4.78 is 16.2. The van der Waals surface area contributed by atoms with Crippen molar-refractivity contribution >= 4 is 29.7 Å². The van der Waals surface area contributed by atoms with Gasteiger partial charge in [0.05, 0.1) is 19.8 Å². The molecule has 0 fully saturated rings. The summed E-state index contributed by atoms with van der Waals surface area (Å²) in [7, 11) is 2.90.